The second-order valence-electron chi connectivity index (χ2n) is 3.97. The van der Waals surface area contributed by atoms with Crippen LogP contribution in [0.5, 0.6) is 5.75 Å². The Morgan fingerprint density at radius 1 is 1.40 bits per heavy atom. The first-order chi connectivity index (χ1) is 9.33. The van der Waals surface area contributed by atoms with Crippen LogP contribution in [0.2, 0.25) is 0 Å². The van der Waals surface area contributed by atoms with Crippen LogP contribution in [0.1, 0.15) is 5.69 Å². The molecule has 1 heterocycles. The number of hydrogen-bond donors (Lipinski definition) is 2. The number of nitrogens with one attached hydrogen (secondary N) is 1. The van der Waals surface area contributed by atoms with Crippen LogP contribution in [0.15, 0.2) is 27.6 Å². The van der Waals surface area contributed by atoms with Crippen LogP contribution in [-0.2, 0) is 10.0 Å². The fourth-order valence-electron chi connectivity index (χ4n) is 1.56. The van der Waals surface area contributed by atoms with Crippen molar-refractivity contribution in [1.82, 2.24) is 5.16 Å². The highest BCUT2D eigenvalue weighted by atomic mass is 32.2. The largest absolute Gasteiger partial charge is 0.492 e. The second-order valence-corrected chi connectivity index (χ2v) is 5.65. The highest BCUT2D eigenvalue weighted by molar-refractivity contribution is 7.92. The molecule has 7 nitrogen and oxygen atoms in total. The molecule has 9 heteroatoms. The van der Waals surface area contributed by atoms with Crippen LogP contribution in [0.3, 0.4) is 0 Å². The van der Waals surface area contributed by atoms with Crippen LogP contribution in [0, 0.1) is 12.7 Å². The van der Waals surface area contributed by atoms with E-state index in [9.17, 15) is 12.8 Å². The minimum Gasteiger partial charge on any atom is -0.492 e. The predicted molar refractivity (Wildman–Crippen MR) is 69.4 cm³/mol. The summed E-state index contributed by atoms with van der Waals surface area (Å²) in [6.07, 6.45) is 0. The van der Waals surface area contributed by atoms with Crippen LogP contribution in [0.4, 0.5) is 16.0 Å². The molecule has 1 aromatic carbocycles. The van der Waals surface area contributed by atoms with Gasteiger partial charge in [0, 0.05) is 6.07 Å². The SMILES string of the molecule is COc1c(N)cc(S(=O)(=O)Nc2cc(C)no2)cc1F. The molecule has 1 aromatic heterocycles. The summed E-state index contributed by atoms with van der Waals surface area (Å²) >= 11 is 0. The third kappa shape index (κ3) is 2.67. The lowest BCUT2D eigenvalue weighted by atomic mass is 10.3. The summed E-state index contributed by atoms with van der Waals surface area (Å²) in [5.74, 6) is -1.15. The maximum Gasteiger partial charge on any atom is 0.264 e. The number of hydrogen-bond acceptors (Lipinski definition) is 6. The number of methoxy groups -OCH3 is 1. The number of sulfonamides is 1. The van der Waals surface area contributed by atoms with Gasteiger partial charge in [0.15, 0.2) is 11.6 Å². The van der Waals surface area contributed by atoms with E-state index >= 15 is 0 Å². The number of ether oxygens (including phenoxy) is 1. The summed E-state index contributed by atoms with van der Waals surface area (Å²) in [6, 6.07) is 3.29. The standard InChI is InChI=1S/C11H12FN3O4S/c1-6-3-10(19-14-6)15-20(16,17)7-4-8(12)11(18-2)9(13)5-7/h3-5,15H,13H2,1-2H3. The quantitative estimate of drug-likeness (QED) is 0.829. The van der Waals surface area contributed by atoms with Crippen molar-refractivity contribution in [3.05, 3.63) is 29.7 Å². The monoisotopic (exact) mass is 301 g/mol. The van der Waals surface area contributed by atoms with Gasteiger partial charge in [0.2, 0.25) is 5.88 Å². The zero-order chi connectivity index (χ0) is 14.9. The molecular weight excluding hydrogens is 289 g/mol. The van der Waals surface area contributed by atoms with Crippen molar-refractivity contribution < 1.29 is 22.1 Å². The lowest BCUT2D eigenvalue weighted by Gasteiger charge is -2.09. The molecule has 20 heavy (non-hydrogen) atoms. The van der Waals surface area contributed by atoms with Crippen molar-refractivity contribution in [3.63, 3.8) is 0 Å². The van der Waals surface area contributed by atoms with Crippen molar-refractivity contribution in [1.29, 1.82) is 0 Å². The van der Waals surface area contributed by atoms with E-state index < -0.39 is 15.8 Å². The van der Waals surface area contributed by atoms with Crippen molar-refractivity contribution >= 4 is 21.6 Å². The van der Waals surface area contributed by atoms with E-state index in [2.05, 4.69) is 9.88 Å². The van der Waals surface area contributed by atoms with Gasteiger partial charge in [-0.2, -0.15) is 0 Å². The third-order valence-corrected chi connectivity index (χ3v) is 3.75. The molecule has 0 aliphatic rings. The number of nitrogens with zero attached hydrogens (tertiary/aromatic N) is 1. The Labute approximate surface area is 114 Å². The Morgan fingerprint density at radius 3 is 2.60 bits per heavy atom. The Kier molecular flexibility index (Phi) is 3.53. The molecule has 0 aliphatic heterocycles. The summed E-state index contributed by atoms with van der Waals surface area (Å²) in [6.45, 7) is 1.63. The van der Waals surface area contributed by atoms with E-state index in [0.717, 1.165) is 12.1 Å². The number of halogens is 1. The molecule has 0 fully saturated rings. The van der Waals surface area contributed by atoms with E-state index in [0.29, 0.717) is 5.69 Å². The highest BCUT2D eigenvalue weighted by Crippen LogP contribution is 2.29. The third-order valence-electron chi connectivity index (χ3n) is 2.42. The van der Waals surface area contributed by atoms with Crippen LogP contribution >= 0.6 is 0 Å². The van der Waals surface area contributed by atoms with Crippen molar-refractivity contribution in [2.24, 2.45) is 0 Å². The molecule has 0 saturated heterocycles. The first-order valence-electron chi connectivity index (χ1n) is 5.42. The average Bonchev–Trinajstić information content (AvgIpc) is 2.73. The predicted octanol–water partition coefficient (Wildman–Crippen LogP) is 1.51. The van der Waals surface area contributed by atoms with Gasteiger partial charge in [-0.3, -0.25) is 0 Å². The number of nitrogen functional groups attached to an aromatic ring is 1. The van der Waals surface area contributed by atoms with Gasteiger partial charge >= 0.3 is 0 Å². The minimum atomic E-state index is -4.03. The lowest BCUT2D eigenvalue weighted by molar-refractivity contribution is 0.388. The van der Waals surface area contributed by atoms with E-state index in [1.807, 2.05) is 0 Å². The van der Waals surface area contributed by atoms with Gasteiger partial charge in [0.1, 0.15) is 0 Å². The van der Waals surface area contributed by atoms with E-state index in [1.54, 1.807) is 6.92 Å². The number of anilines is 2. The maximum atomic E-state index is 13.7. The number of rotatable bonds is 4. The molecule has 0 aliphatic carbocycles. The Hall–Kier alpha value is -2.29. The van der Waals surface area contributed by atoms with Crippen molar-refractivity contribution in [2.45, 2.75) is 11.8 Å². The van der Waals surface area contributed by atoms with Gasteiger partial charge < -0.3 is 15.0 Å². The van der Waals surface area contributed by atoms with Gasteiger partial charge in [0.25, 0.3) is 10.0 Å². The topological polar surface area (TPSA) is 107 Å². The Bertz CT molecular complexity index is 719. The van der Waals surface area contributed by atoms with E-state index in [-0.39, 0.29) is 22.2 Å². The number of aromatic nitrogens is 1. The summed E-state index contributed by atoms with van der Waals surface area (Å²) in [4.78, 5) is -0.345. The molecule has 0 atom stereocenters. The van der Waals surface area contributed by atoms with Crippen molar-refractivity contribution in [2.75, 3.05) is 17.6 Å². The van der Waals surface area contributed by atoms with Crippen LogP contribution < -0.4 is 15.2 Å². The molecule has 0 amide bonds. The fourth-order valence-corrected chi connectivity index (χ4v) is 2.58. The lowest BCUT2D eigenvalue weighted by Crippen LogP contribution is -2.13. The maximum absolute atomic E-state index is 13.7. The number of benzene rings is 1. The fraction of sp³-hybridized carbons (Fsp3) is 0.182. The molecule has 0 saturated carbocycles. The van der Waals surface area contributed by atoms with Gasteiger partial charge in [-0.1, -0.05) is 5.16 Å². The zero-order valence-corrected chi connectivity index (χ0v) is 11.5. The van der Waals surface area contributed by atoms with E-state index in [1.165, 1.54) is 13.2 Å². The first kappa shape index (κ1) is 14.1. The molecule has 2 aromatic rings. The number of nitrogens with two attached hydrogens (primary N) is 1. The summed E-state index contributed by atoms with van der Waals surface area (Å²) < 4.78 is 49.3. The summed E-state index contributed by atoms with van der Waals surface area (Å²) in [5, 5.41) is 3.54. The zero-order valence-electron chi connectivity index (χ0n) is 10.7. The molecule has 0 spiro atoms. The molecule has 3 N–H and O–H groups in total. The first-order valence-corrected chi connectivity index (χ1v) is 6.91. The second kappa shape index (κ2) is 5.00. The minimum absolute atomic E-state index is 0.0719. The Morgan fingerprint density at radius 2 is 2.10 bits per heavy atom. The van der Waals surface area contributed by atoms with Crippen LogP contribution in [0.25, 0.3) is 0 Å². The smallest absolute Gasteiger partial charge is 0.264 e. The molecule has 0 bridgehead atoms. The molecule has 108 valence electrons. The Balaban J connectivity index is 2.39. The van der Waals surface area contributed by atoms with Crippen LogP contribution in [-0.4, -0.2) is 20.7 Å². The molecule has 0 radical (unpaired) electrons. The van der Waals surface area contributed by atoms with Gasteiger partial charge in [-0.05, 0) is 19.1 Å². The van der Waals surface area contributed by atoms with Gasteiger partial charge in [-0.25, -0.2) is 17.5 Å². The molecule has 2 rings (SSSR count). The van der Waals surface area contributed by atoms with E-state index in [4.69, 9.17) is 15.0 Å². The summed E-state index contributed by atoms with van der Waals surface area (Å²) in [5.41, 5.74) is 5.91. The van der Waals surface area contributed by atoms with Crippen molar-refractivity contribution in [3.8, 4) is 5.75 Å². The van der Waals surface area contributed by atoms with Gasteiger partial charge in [-0.15, -0.1) is 0 Å². The summed E-state index contributed by atoms with van der Waals surface area (Å²) in [7, 11) is -2.79. The molecule has 0 unspecified atom stereocenters. The van der Waals surface area contributed by atoms with Gasteiger partial charge in [0.05, 0.1) is 23.4 Å². The highest BCUT2D eigenvalue weighted by Gasteiger charge is 2.20. The molecular formula is C11H12FN3O4S. The average molecular weight is 301 g/mol. The number of aryl methyl sites for hydroxylation is 1. The normalized spacial score (nSPS) is 11.3.